The summed E-state index contributed by atoms with van der Waals surface area (Å²) in [5.74, 6) is 0.408. The maximum absolute atomic E-state index is 12.9. The van der Waals surface area contributed by atoms with Gasteiger partial charge in [0.05, 0.1) is 42.2 Å². The van der Waals surface area contributed by atoms with Crippen LogP contribution in [0.1, 0.15) is 21.5 Å². The maximum Gasteiger partial charge on any atom is 0.338 e. The molecule has 0 unspecified atom stereocenters. The highest BCUT2D eigenvalue weighted by Crippen LogP contribution is 2.33. The van der Waals surface area contributed by atoms with E-state index in [4.69, 9.17) is 24.2 Å². The van der Waals surface area contributed by atoms with Crippen LogP contribution >= 0.6 is 0 Å². The number of nitrogens with zero attached hydrogens (tertiary/aromatic N) is 2. The number of esters is 1. The Balaban J connectivity index is 1.42. The van der Waals surface area contributed by atoms with Gasteiger partial charge < -0.3 is 19.5 Å². The first-order valence-corrected chi connectivity index (χ1v) is 13.0. The minimum absolute atomic E-state index is 0.268. The summed E-state index contributed by atoms with van der Waals surface area (Å²) in [5.41, 5.74) is 7.12. The number of hydrogen-bond donors (Lipinski definition) is 1. The van der Waals surface area contributed by atoms with Crippen molar-refractivity contribution in [1.29, 1.82) is 0 Å². The van der Waals surface area contributed by atoms with Crippen molar-refractivity contribution in [3.8, 4) is 34.0 Å². The molecule has 8 nitrogen and oxygen atoms in total. The average Bonchev–Trinajstić information content (AvgIpc) is 3.00. The Labute approximate surface area is 237 Å². The third-order valence-electron chi connectivity index (χ3n) is 6.62. The molecule has 0 saturated heterocycles. The highest BCUT2D eigenvalue weighted by Gasteiger charge is 2.17. The molecule has 1 aromatic heterocycles. The lowest BCUT2D eigenvalue weighted by Crippen LogP contribution is -2.21. The van der Waals surface area contributed by atoms with Crippen LogP contribution in [0.25, 0.3) is 33.5 Å². The molecule has 1 N–H and O–H groups in total. The van der Waals surface area contributed by atoms with E-state index < -0.39 is 18.5 Å². The summed E-state index contributed by atoms with van der Waals surface area (Å²) in [5, 5.41) is 2.78. The lowest BCUT2D eigenvalue weighted by Gasteiger charge is -2.12. The van der Waals surface area contributed by atoms with Crippen molar-refractivity contribution in [2.45, 2.75) is 13.8 Å². The fourth-order valence-corrected chi connectivity index (χ4v) is 4.44. The van der Waals surface area contributed by atoms with Gasteiger partial charge in [-0.25, -0.2) is 14.8 Å². The molecule has 4 aromatic carbocycles. The van der Waals surface area contributed by atoms with E-state index in [0.717, 1.165) is 33.8 Å². The first kappa shape index (κ1) is 27.3. The van der Waals surface area contributed by atoms with Crippen LogP contribution in [0.5, 0.6) is 11.5 Å². The number of methoxy groups -OCH3 is 2. The molecule has 0 bridgehead atoms. The number of hydrogen-bond acceptors (Lipinski definition) is 7. The number of fused-ring (bicyclic) bond motifs is 1. The Morgan fingerprint density at radius 2 is 1.29 bits per heavy atom. The molecule has 8 heteroatoms. The summed E-state index contributed by atoms with van der Waals surface area (Å²) in [6.07, 6.45) is 0. The third-order valence-corrected chi connectivity index (χ3v) is 6.62. The standard InChI is InChI=1S/C33H29N3O5/c1-20-5-15-27(21(2)17-20)34-30(37)19-41-33(38)24-10-16-28-29(18-24)36-32(23-8-13-26(40-4)14-9-23)31(35-28)22-6-11-25(39-3)12-7-22/h5-18H,19H2,1-4H3,(H,34,37). The van der Waals surface area contributed by atoms with Gasteiger partial charge in [-0.15, -0.1) is 0 Å². The molecule has 5 aromatic rings. The Morgan fingerprint density at radius 3 is 1.85 bits per heavy atom. The minimum atomic E-state index is -0.630. The summed E-state index contributed by atoms with van der Waals surface area (Å²) in [6.45, 7) is 3.47. The molecule has 0 fully saturated rings. The van der Waals surface area contributed by atoms with Crippen molar-refractivity contribution in [2.75, 3.05) is 26.1 Å². The van der Waals surface area contributed by atoms with Crippen LogP contribution in [-0.2, 0) is 9.53 Å². The average molecular weight is 548 g/mol. The molecule has 0 spiro atoms. The van der Waals surface area contributed by atoms with Crippen molar-refractivity contribution in [3.63, 3.8) is 0 Å². The van der Waals surface area contributed by atoms with Crippen LogP contribution in [0.4, 0.5) is 5.69 Å². The molecule has 0 aliphatic rings. The number of benzene rings is 4. The van der Waals surface area contributed by atoms with E-state index in [9.17, 15) is 9.59 Å². The van der Waals surface area contributed by atoms with Crippen LogP contribution in [0.3, 0.4) is 0 Å². The minimum Gasteiger partial charge on any atom is -0.497 e. The fourth-order valence-electron chi connectivity index (χ4n) is 4.44. The number of aryl methyl sites for hydroxylation is 2. The van der Waals surface area contributed by atoms with Crippen LogP contribution in [0, 0.1) is 13.8 Å². The first-order valence-electron chi connectivity index (χ1n) is 13.0. The monoisotopic (exact) mass is 547 g/mol. The van der Waals surface area contributed by atoms with Gasteiger partial charge in [-0.05, 0) is 92.2 Å². The quantitative estimate of drug-likeness (QED) is 0.225. The molecule has 0 aliphatic heterocycles. The second kappa shape index (κ2) is 11.9. The molecular formula is C33H29N3O5. The number of rotatable bonds is 8. The molecule has 1 amide bonds. The Kier molecular flexibility index (Phi) is 7.92. The molecule has 5 rings (SSSR count). The zero-order valence-electron chi connectivity index (χ0n) is 23.2. The van der Waals surface area contributed by atoms with Gasteiger partial charge in [-0.2, -0.15) is 0 Å². The summed E-state index contributed by atoms with van der Waals surface area (Å²) in [6, 6.07) is 25.8. The topological polar surface area (TPSA) is 99.6 Å². The van der Waals surface area contributed by atoms with Crippen LogP contribution in [0.15, 0.2) is 84.9 Å². The predicted octanol–water partition coefficient (Wildman–Crippen LogP) is 6.39. The van der Waals surface area contributed by atoms with Crippen molar-refractivity contribution < 1.29 is 23.8 Å². The molecule has 0 radical (unpaired) electrons. The van der Waals surface area contributed by atoms with E-state index in [2.05, 4.69) is 5.32 Å². The van der Waals surface area contributed by atoms with Crippen molar-refractivity contribution in [1.82, 2.24) is 9.97 Å². The number of nitrogens with one attached hydrogen (secondary N) is 1. The smallest absolute Gasteiger partial charge is 0.338 e. The van der Waals surface area contributed by atoms with Gasteiger partial charge in [0.2, 0.25) is 0 Å². The van der Waals surface area contributed by atoms with E-state index in [-0.39, 0.29) is 5.56 Å². The van der Waals surface area contributed by atoms with E-state index in [1.807, 2.05) is 80.6 Å². The number of carbonyl (C=O) groups excluding carboxylic acids is 2. The zero-order valence-corrected chi connectivity index (χ0v) is 23.2. The molecule has 1 heterocycles. The summed E-state index contributed by atoms with van der Waals surface area (Å²) in [7, 11) is 3.23. The summed E-state index contributed by atoms with van der Waals surface area (Å²) < 4.78 is 15.9. The Hall–Kier alpha value is -5.24. The van der Waals surface area contributed by atoms with Gasteiger partial charge in [0.15, 0.2) is 6.61 Å². The SMILES string of the molecule is COc1ccc(-c2nc3ccc(C(=O)OCC(=O)Nc4ccc(C)cc4C)cc3nc2-c2ccc(OC)cc2)cc1. The summed E-state index contributed by atoms with van der Waals surface area (Å²) >= 11 is 0. The normalized spacial score (nSPS) is 10.7. The van der Waals surface area contributed by atoms with Crippen molar-refractivity contribution >= 4 is 28.6 Å². The number of carbonyl (C=O) groups is 2. The van der Waals surface area contributed by atoms with Crippen LogP contribution in [-0.4, -0.2) is 42.7 Å². The molecular weight excluding hydrogens is 518 g/mol. The van der Waals surface area contributed by atoms with E-state index in [0.29, 0.717) is 28.1 Å². The molecule has 206 valence electrons. The van der Waals surface area contributed by atoms with Crippen LogP contribution in [0.2, 0.25) is 0 Å². The number of aromatic nitrogens is 2. The van der Waals surface area contributed by atoms with E-state index in [1.165, 1.54) is 0 Å². The molecule has 0 saturated carbocycles. The maximum atomic E-state index is 12.9. The number of ether oxygens (including phenoxy) is 3. The van der Waals surface area contributed by atoms with Crippen molar-refractivity contribution in [2.24, 2.45) is 0 Å². The van der Waals surface area contributed by atoms with Gasteiger partial charge in [-0.3, -0.25) is 4.79 Å². The lowest BCUT2D eigenvalue weighted by atomic mass is 10.0. The van der Waals surface area contributed by atoms with Gasteiger partial charge in [-0.1, -0.05) is 17.7 Å². The van der Waals surface area contributed by atoms with Crippen molar-refractivity contribution in [3.05, 3.63) is 102 Å². The third kappa shape index (κ3) is 6.17. The predicted molar refractivity (Wildman–Crippen MR) is 158 cm³/mol. The Morgan fingerprint density at radius 1 is 0.707 bits per heavy atom. The van der Waals surface area contributed by atoms with Gasteiger partial charge >= 0.3 is 5.97 Å². The largest absolute Gasteiger partial charge is 0.497 e. The molecule has 0 atom stereocenters. The van der Waals surface area contributed by atoms with Crippen LogP contribution < -0.4 is 14.8 Å². The molecule has 41 heavy (non-hydrogen) atoms. The van der Waals surface area contributed by atoms with E-state index in [1.54, 1.807) is 32.4 Å². The number of amides is 1. The highest BCUT2D eigenvalue weighted by molar-refractivity contribution is 5.98. The first-order chi connectivity index (χ1) is 19.8. The second-order valence-corrected chi connectivity index (χ2v) is 9.52. The summed E-state index contributed by atoms with van der Waals surface area (Å²) in [4.78, 5) is 35.1. The Bertz CT molecular complexity index is 1730. The van der Waals surface area contributed by atoms with Gasteiger partial charge in [0.1, 0.15) is 11.5 Å². The lowest BCUT2D eigenvalue weighted by molar-refractivity contribution is -0.119. The molecule has 0 aliphatic carbocycles. The van der Waals surface area contributed by atoms with Gasteiger partial charge in [0.25, 0.3) is 5.91 Å². The number of anilines is 1. The van der Waals surface area contributed by atoms with Gasteiger partial charge in [0, 0.05) is 16.8 Å². The fraction of sp³-hybridized carbons (Fsp3) is 0.152. The second-order valence-electron chi connectivity index (χ2n) is 9.52. The zero-order chi connectivity index (χ0) is 28.9. The highest BCUT2D eigenvalue weighted by atomic mass is 16.5. The van der Waals surface area contributed by atoms with E-state index >= 15 is 0 Å².